The fraction of sp³-hybridized carbons (Fsp3) is 0.0909. The molecule has 5 heteroatoms. The van der Waals surface area contributed by atoms with Crippen molar-refractivity contribution in [1.82, 2.24) is 4.57 Å². The molecule has 0 spiro atoms. The maximum Gasteiger partial charge on any atom is 0.216 e. The van der Waals surface area contributed by atoms with Gasteiger partial charge in [-0.3, -0.25) is 9.56 Å². The van der Waals surface area contributed by atoms with Crippen molar-refractivity contribution in [2.24, 2.45) is 4.99 Å². The molecule has 0 aliphatic heterocycles. The highest BCUT2D eigenvalue weighted by Gasteiger charge is 2.10. The predicted molar refractivity (Wildman–Crippen MR) is 69.7 cm³/mol. The number of benzene rings is 1. The van der Waals surface area contributed by atoms with E-state index in [1.165, 1.54) is 11.3 Å². The van der Waals surface area contributed by atoms with Crippen LogP contribution in [0.4, 0.5) is 0 Å². The summed E-state index contributed by atoms with van der Waals surface area (Å²) in [6.45, 7) is 0. The zero-order chi connectivity index (χ0) is 11.5. The Kier molecular flexibility index (Phi) is 3.17. The number of nitrogens with zero attached hydrogens (tertiary/aromatic N) is 2. The normalized spacial score (nSPS) is 11.1. The van der Waals surface area contributed by atoms with Crippen molar-refractivity contribution in [2.75, 3.05) is 7.05 Å². The van der Waals surface area contributed by atoms with Crippen LogP contribution in [0.3, 0.4) is 0 Å². The fourth-order valence-electron chi connectivity index (χ4n) is 1.39. The van der Waals surface area contributed by atoms with Gasteiger partial charge in [-0.15, -0.1) is 0 Å². The first-order chi connectivity index (χ1) is 7.74. The zero-order valence-corrected chi connectivity index (χ0v) is 10.3. The van der Waals surface area contributed by atoms with Crippen LogP contribution in [-0.2, 0) is 0 Å². The van der Waals surface area contributed by atoms with E-state index in [0.29, 0.717) is 8.83 Å². The minimum Gasteiger partial charge on any atom is -0.493 e. The molecule has 0 aliphatic carbocycles. The van der Waals surface area contributed by atoms with E-state index in [2.05, 4.69) is 4.99 Å². The summed E-state index contributed by atoms with van der Waals surface area (Å²) in [6, 6.07) is 9.53. The minimum absolute atomic E-state index is 0.145. The van der Waals surface area contributed by atoms with Crippen LogP contribution in [0.2, 0.25) is 0 Å². The Morgan fingerprint density at radius 1 is 1.38 bits per heavy atom. The van der Waals surface area contributed by atoms with Crippen molar-refractivity contribution >= 4 is 29.8 Å². The Balaban J connectivity index is 2.63. The van der Waals surface area contributed by atoms with E-state index in [9.17, 15) is 5.11 Å². The minimum atomic E-state index is 0.145. The summed E-state index contributed by atoms with van der Waals surface area (Å²) in [7, 11) is 1.66. The quantitative estimate of drug-likeness (QED) is 0.657. The molecule has 2 aromatic rings. The second-order valence-corrected chi connectivity index (χ2v) is 4.79. The maximum absolute atomic E-state index is 10.0. The number of thiazole rings is 1. The summed E-state index contributed by atoms with van der Waals surface area (Å²) in [5, 5.41) is 10.0. The van der Waals surface area contributed by atoms with E-state index in [1.54, 1.807) is 17.8 Å². The van der Waals surface area contributed by atoms with Gasteiger partial charge in [-0.2, -0.15) is 0 Å². The van der Waals surface area contributed by atoms with Gasteiger partial charge >= 0.3 is 0 Å². The molecule has 2 rings (SSSR count). The molecule has 0 unspecified atom stereocenters. The first-order valence-electron chi connectivity index (χ1n) is 4.66. The number of para-hydroxylation sites is 1. The highest BCUT2D eigenvalue weighted by Crippen LogP contribution is 2.27. The van der Waals surface area contributed by atoms with E-state index in [1.807, 2.05) is 30.3 Å². The summed E-state index contributed by atoms with van der Waals surface area (Å²) >= 11 is 6.56. The Morgan fingerprint density at radius 2 is 2.06 bits per heavy atom. The molecule has 0 radical (unpaired) electrons. The Morgan fingerprint density at radius 3 is 2.69 bits per heavy atom. The highest BCUT2D eigenvalue weighted by atomic mass is 32.1. The van der Waals surface area contributed by atoms with E-state index in [4.69, 9.17) is 12.2 Å². The summed E-state index contributed by atoms with van der Waals surface area (Å²) < 4.78 is 2.25. The smallest absolute Gasteiger partial charge is 0.216 e. The van der Waals surface area contributed by atoms with Crippen molar-refractivity contribution in [3.8, 4) is 11.6 Å². The van der Waals surface area contributed by atoms with Crippen molar-refractivity contribution < 1.29 is 5.11 Å². The lowest BCUT2D eigenvalue weighted by Gasteiger charge is -2.03. The van der Waals surface area contributed by atoms with E-state index >= 15 is 0 Å². The average Bonchev–Trinajstić information content (AvgIpc) is 2.56. The Labute approximate surface area is 102 Å². The molecule has 1 N–H and O–H groups in total. The van der Waals surface area contributed by atoms with E-state index < -0.39 is 0 Å². The van der Waals surface area contributed by atoms with Gasteiger partial charge in [-0.05, 0) is 24.4 Å². The summed E-state index contributed by atoms with van der Waals surface area (Å²) in [6.07, 6.45) is 1.61. The van der Waals surface area contributed by atoms with Gasteiger partial charge in [0, 0.05) is 13.3 Å². The lowest BCUT2D eigenvalue weighted by Crippen LogP contribution is -1.92. The molecular weight excluding hydrogens is 240 g/mol. The molecule has 0 bridgehead atoms. The topological polar surface area (TPSA) is 37.5 Å². The molecule has 0 saturated carbocycles. The first-order valence-corrected chi connectivity index (χ1v) is 5.89. The van der Waals surface area contributed by atoms with Crippen molar-refractivity contribution in [3.63, 3.8) is 0 Å². The second-order valence-electron chi connectivity index (χ2n) is 3.11. The second kappa shape index (κ2) is 4.59. The number of aromatic nitrogens is 1. The van der Waals surface area contributed by atoms with Crippen LogP contribution in [-0.4, -0.2) is 22.9 Å². The fourth-order valence-corrected chi connectivity index (χ4v) is 2.66. The summed E-state index contributed by atoms with van der Waals surface area (Å²) in [5.41, 5.74) is 0.858. The third kappa shape index (κ3) is 1.91. The molecule has 0 amide bonds. The molecule has 16 heavy (non-hydrogen) atoms. The molecule has 3 nitrogen and oxygen atoms in total. The first kappa shape index (κ1) is 11.0. The van der Waals surface area contributed by atoms with Crippen LogP contribution in [0.25, 0.3) is 5.69 Å². The monoisotopic (exact) mass is 250 g/mol. The molecule has 82 valence electrons. The lowest BCUT2D eigenvalue weighted by molar-refractivity contribution is 0.441. The standard InChI is InChI=1S/C11H10N2OS2/c1-12-7-9-10(14)13(11(15)16-9)8-5-3-2-4-6-8/h2-7,14H,1H3. The van der Waals surface area contributed by atoms with E-state index in [-0.39, 0.29) is 5.88 Å². The maximum atomic E-state index is 10.0. The molecule has 0 fully saturated rings. The molecule has 0 aliphatic rings. The van der Waals surface area contributed by atoms with Crippen LogP contribution >= 0.6 is 23.6 Å². The number of rotatable bonds is 2. The summed E-state index contributed by atoms with van der Waals surface area (Å²) in [4.78, 5) is 4.56. The largest absolute Gasteiger partial charge is 0.493 e. The molecule has 0 atom stereocenters. The predicted octanol–water partition coefficient (Wildman–Crippen LogP) is 3.02. The van der Waals surface area contributed by atoms with Gasteiger partial charge in [-0.1, -0.05) is 29.5 Å². The molecular formula is C11H10N2OS2. The zero-order valence-electron chi connectivity index (χ0n) is 8.62. The number of aromatic hydroxyl groups is 1. The van der Waals surface area contributed by atoms with Gasteiger partial charge < -0.3 is 5.11 Å². The van der Waals surface area contributed by atoms with Gasteiger partial charge in [-0.25, -0.2) is 0 Å². The molecule has 0 saturated heterocycles. The molecule has 1 aromatic carbocycles. The number of hydrogen-bond acceptors (Lipinski definition) is 4. The summed E-state index contributed by atoms with van der Waals surface area (Å²) in [5.74, 6) is 0.145. The van der Waals surface area contributed by atoms with Gasteiger partial charge in [0.15, 0.2) is 3.95 Å². The van der Waals surface area contributed by atoms with Crippen LogP contribution < -0.4 is 0 Å². The van der Waals surface area contributed by atoms with Gasteiger partial charge in [0.1, 0.15) is 4.88 Å². The third-order valence-electron chi connectivity index (χ3n) is 2.07. The Bertz CT molecular complexity index is 569. The van der Waals surface area contributed by atoms with Gasteiger partial charge in [0.2, 0.25) is 5.88 Å². The number of aliphatic imine (C=N–C) groups is 1. The SMILES string of the molecule is CN=Cc1sc(=S)n(-c2ccccc2)c1O. The Hall–Kier alpha value is -1.46. The lowest BCUT2D eigenvalue weighted by atomic mass is 10.3. The van der Waals surface area contributed by atoms with Crippen molar-refractivity contribution in [2.45, 2.75) is 0 Å². The van der Waals surface area contributed by atoms with Crippen molar-refractivity contribution in [3.05, 3.63) is 39.2 Å². The molecule has 1 aromatic heterocycles. The average molecular weight is 250 g/mol. The molecule has 1 heterocycles. The van der Waals surface area contributed by atoms with Crippen molar-refractivity contribution in [1.29, 1.82) is 0 Å². The van der Waals surface area contributed by atoms with Crippen LogP contribution in [0, 0.1) is 3.95 Å². The number of hydrogen-bond donors (Lipinski definition) is 1. The third-order valence-corrected chi connectivity index (χ3v) is 3.37. The highest BCUT2D eigenvalue weighted by molar-refractivity contribution is 7.73. The van der Waals surface area contributed by atoms with Gasteiger partial charge in [0.25, 0.3) is 0 Å². The van der Waals surface area contributed by atoms with Crippen LogP contribution in [0.1, 0.15) is 4.88 Å². The van der Waals surface area contributed by atoms with E-state index in [0.717, 1.165) is 5.69 Å². The van der Waals surface area contributed by atoms with Crippen LogP contribution in [0.15, 0.2) is 35.3 Å². The van der Waals surface area contributed by atoms with Gasteiger partial charge in [0.05, 0.1) is 5.69 Å². The van der Waals surface area contributed by atoms with Crippen LogP contribution in [0.5, 0.6) is 5.88 Å².